The highest BCUT2D eigenvalue weighted by atomic mass is 127. The van der Waals surface area contributed by atoms with Gasteiger partial charge in [-0.25, -0.2) is 4.99 Å². The van der Waals surface area contributed by atoms with Crippen molar-refractivity contribution < 1.29 is 14.3 Å². The summed E-state index contributed by atoms with van der Waals surface area (Å²) in [5.74, 6) is 2.17. The van der Waals surface area contributed by atoms with E-state index in [-0.39, 0.29) is 36.4 Å². The summed E-state index contributed by atoms with van der Waals surface area (Å²) in [6.07, 6.45) is 1.79. The molecule has 0 aliphatic heterocycles. The second-order valence-electron chi connectivity index (χ2n) is 6.20. The van der Waals surface area contributed by atoms with E-state index in [9.17, 15) is 4.79 Å². The monoisotopic (exact) mass is 506 g/mol. The number of aliphatic imine (C=N–C) groups is 1. The minimum Gasteiger partial charge on any atom is -0.490 e. The minimum absolute atomic E-state index is 0. The quantitative estimate of drug-likeness (QED) is 0.274. The number of ether oxygens (including phenoxy) is 2. The zero-order valence-electron chi connectivity index (χ0n) is 17.7. The van der Waals surface area contributed by atoms with E-state index < -0.39 is 0 Å². The largest absolute Gasteiger partial charge is 0.490 e. The maximum absolute atomic E-state index is 11.7. The number of likely N-dealkylation sites (N-methyl/N-ethyl adjacent to an activating group) is 1. The average Bonchev–Trinajstić information content (AvgIpc) is 2.65. The highest BCUT2D eigenvalue weighted by molar-refractivity contribution is 14.0. The lowest BCUT2D eigenvalue weighted by Gasteiger charge is -2.14. The van der Waals surface area contributed by atoms with Gasteiger partial charge in [0.1, 0.15) is 6.54 Å². The number of hydrogen-bond acceptors (Lipinski definition) is 4. The number of nitrogens with one attached hydrogen (secondary N) is 2. The van der Waals surface area contributed by atoms with Gasteiger partial charge in [-0.05, 0) is 44.4 Å². The zero-order valence-corrected chi connectivity index (χ0v) is 20.0. The van der Waals surface area contributed by atoms with Gasteiger partial charge in [0.2, 0.25) is 5.91 Å². The fourth-order valence-corrected chi connectivity index (χ4v) is 2.28. The van der Waals surface area contributed by atoms with Gasteiger partial charge in [-0.15, -0.1) is 24.0 Å². The van der Waals surface area contributed by atoms with Gasteiger partial charge in [-0.3, -0.25) is 4.79 Å². The number of rotatable bonds is 11. The molecule has 0 radical (unpaired) electrons. The van der Waals surface area contributed by atoms with Crippen LogP contribution >= 0.6 is 24.0 Å². The van der Waals surface area contributed by atoms with Gasteiger partial charge < -0.3 is 25.0 Å². The fraction of sp³-hybridized carbons (Fsp3) is 0.600. The van der Waals surface area contributed by atoms with Crippen molar-refractivity contribution in [1.29, 1.82) is 0 Å². The van der Waals surface area contributed by atoms with Crippen LogP contribution in [0.3, 0.4) is 0 Å². The molecule has 0 aromatic heterocycles. The smallest absolute Gasteiger partial charge is 0.243 e. The Morgan fingerprint density at radius 3 is 2.29 bits per heavy atom. The summed E-state index contributed by atoms with van der Waals surface area (Å²) in [7, 11) is 3.46. The first-order valence-corrected chi connectivity index (χ1v) is 9.62. The van der Waals surface area contributed by atoms with E-state index in [2.05, 4.69) is 22.5 Å². The Morgan fingerprint density at radius 1 is 1.04 bits per heavy atom. The maximum atomic E-state index is 11.7. The van der Waals surface area contributed by atoms with Gasteiger partial charge in [-0.2, -0.15) is 0 Å². The van der Waals surface area contributed by atoms with Crippen molar-refractivity contribution in [3.05, 3.63) is 23.8 Å². The lowest BCUT2D eigenvalue weighted by Crippen LogP contribution is -2.39. The van der Waals surface area contributed by atoms with Crippen molar-refractivity contribution in [3.8, 4) is 11.5 Å². The zero-order chi connectivity index (χ0) is 20.1. The second kappa shape index (κ2) is 15.2. The molecule has 2 N–H and O–H groups in total. The van der Waals surface area contributed by atoms with E-state index in [0.717, 1.165) is 36.4 Å². The summed E-state index contributed by atoms with van der Waals surface area (Å²) in [4.78, 5) is 17.6. The van der Waals surface area contributed by atoms with Crippen LogP contribution < -0.4 is 20.1 Å². The van der Waals surface area contributed by atoms with Crippen LogP contribution in [0.25, 0.3) is 0 Å². The Balaban J connectivity index is 0.00000729. The number of guanidine groups is 1. The normalized spacial score (nSPS) is 10.7. The summed E-state index contributed by atoms with van der Waals surface area (Å²) >= 11 is 0. The average molecular weight is 506 g/mol. The molecule has 0 heterocycles. The minimum atomic E-state index is -0.0273. The molecule has 1 amide bonds. The molecular formula is C20H35IN4O3. The van der Waals surface area contributed by atoms with Gasteiger partial charge in [0.05, 0.1) is 13.2 Å². The van der Waals surface area contributed by atoms with Crippen molar-refractivity contribution in [2.45, 2.75) is 33.6 Å². The molecule has 28 heavy (non-hydrogen) atoms. The first-order valence-electron chi connectivity index (χ1n) is 9.62. The van der Waals surface area contributed by atoms with Gasteiger partial charge in [-0.1, -0.05) is 13.0 Å². The third-order valence-electron chi connectivity index (χ3n) is 3.73. The number of nitrogens with zero attached hydrogens (tertiary/aromatic N) is 2. The lowest BCUT2D eigenvalue weighted by atomic mass is 10.1. The number of benzene rings is 1. The molecule has 0 aliphatic carbocycles. The molecule has 160 valence electrons. The Morgan fingerprint density at radius 2 is 1.68 bits per heavy atom. The predicted molar refractivity (Wildman–Crippen MR) is 125 cm³/mol. The third kappa shape index (κ3) is 10.0. The summed E-state index contributed by atoms with van der Waals surface area (Å²) in [6, 6.07) is 6.01. The summed E-state index contributed by atoms with van der Waals surface area (Å²) in [5, 5.41) is 6.52. The number of carbonyl (C=O) groups is 1. The predicted octanol–water partition coefficient (Wildman–Crippen LogP) is 2.68. The molecule has 0 saturated heterocycles. The molecule has 0 fully saturated rings. The highest BCUT2D eigenvalue weighted by Gasteiger charge is 2.07. The first-order chi connectivity index (χ1) is 13.0. The molecular weight excluding hydrogens is 471 g/mol. The molecule has 8 heteroatoms. The van der Waals surface area contributed by atoms with Crippen LogP contribution in [0.2, 0.25) is 0 Å². The van der Waals surface area contributed by atoms with Crippen LogP contribution in [0.1, 0.15) is 32.8 Å². The van der Waals surface area contributed by atoms with Crippen LogP contribution in [0.15, 0.2) is 23.2 Å². The van der Waals surface area contributed by atoms with Crippen molar-refractivity contribution in [1.82, 2.24) is 15.5 Å². The SMILES string of the molecule is CCCNC(=NCC(=O)N(C)C)NCCc1ccc(OCC)c(OCC)c1.I. The van der Waals surface area contributed by atoms with E-state index in [0.29, 0.717) is 25.7 Å². The van der Waals surface area contributed by atoms with E-state index in [1.54, 1.807) is 14.1 Å². The molecule has 1 aromatic rings. The molecule has 0 bridgehead atoms. The van der Waals surface area contributed by atoms with Crippen molar-refractivity contribution in [2.75, 3.05) is 46.9 Å². The Kier molecular flexibility index (Phi) is 14.3. The Labute approximate surface area is 186 Å². The molecule has 0 spiro atoms. The summed E-state index contributed by atoms with van der Waals surface area (Å²) < 4.78 is 11.3. The summed E-state index contributed by atoms with van der Waals surface area (Å²) in [6.45, 7) is 8.84. The van der Waals surface area contributed by atoms with E-state index in [4.69, 9.17) is 9.47 Å². The van der Waals surface area contributed by atoms with Gasteiger partial charge >= 0.3 is 0 Å². The van der Waals surface area contributed by atoms with Gasteiger partial charge in [0.15, 0.2) is 17.5 Å². The van der Waals surface area contributed by atoms with E-state index >= 15 is 0 Å². The fourth-order valence-electron chi connectivity index (χ4n) is 2.28. The van der Waals surface area contributed by atoms with Gasteiger partial charge in [0.25, 0.3) is 0 Å². The van der Waals surface area contributed by atoms with Crippen LogP contribution in [0.4, 0.5) is 0 Å². The molecule has 0 unspecified atom stereocenters. The molecule has 0 saturated carbocycles. The van der Waals surface area contributed by atoms with E-state index in [1.807, 2.05) is 32.0 Å². The number of carbonyl (C=O) groups excluding carboxylic acids is 1. The number of hydrogen-bond donors (Lipinski definition) is 2. The molecule has 1 rings (SSSR count). The van der Waals surface area contributed by atoms with Gasteiger partial charge in [0, 0.05) is 27.2 Å². The Hall–Kier alpha value is -1.71. The van der Waals surface area contributed by atoms with Crippen LogP contribution in [-0.4, -0.2) is 63.7 Å². The molecule has 1 aromatic carbocycles. The van der Waals surface area contributed by atoms with Crippen LogP contribution in [0, 0.1) is 0 Å². The highest BCUT2D eigenvalue weighted by Crippen LogP contribution is 2.28. The van der Waals surface area contributed by atoms with Crippen molar-refractivity contribution in [2.24, 2.45) is 4.99 Å². The lowest BCUT2D eigenvalue weighted by molar-refractivity contribution is -0.127. The second-order valence-corrected chi connectivity index (χ2v) is 6.20. The van der Waals surface area contributed by atoms with Crippen molar-refractivity contribution >= 4 is 35.8 Å². The van der Waals surface area contributed by atoms with Crippen LogP contribution in [-0.2, 0) is 11.2 Å². The number of amides is 1. The first kappa shape index (κ1) is 26.3. The van der Waals surface area contributed by atoms with Crippen LogP contribution in [0.5, 0.6) is 11.5 Å². The standard InChI is InChI=1S/C20H34N4O3.HI/c1-6-12-21-20(23-15-19(25)24(4)5)22-13-11-16-9-10-17(26-7-2)18(14-16)27-8-3;/h9-10,14H,6-8,11-13,15H2,1-5H3,(H2,21,22,23);1H. The van der Waals surface area contributed by atoms with E-state index in [1.165, 1.54) is 4.90 Å². The third-order valence-corrected chi connectivity index (χ3v) is 3.73. The molecule has 0 aliphatic rings. The topological polar surface area (TPSA) is 75.2 Å². The summed E-state index contributed by atoms with van der Waals surface area (Å²) in [5.41, 5.74) is 1.15. The maximum Gasteiger partial charge on any atom is 0.243 e. The molecule has 0 atom stereocenters. The molecule has 7 nitrogen and oxygen atoms in total. The van der Waals surface area contributed by atoms with Crippen molar-refractivity contribution in [3.63, 3.8) is 0 Å². The number of halogens is 1. The Bertz CT molecular complexity index is 609.